The zero-order valence-corrected chi connectivity index (χ0v) is 13.9. The molecule has 0 aliphatic heterocycles. The lowest BCUT2D eigenvalue weighted by molar-refractivity contribution is 0.600. The minimum absolute atomic E-state index is 0.00992. The Morgan fingerprint density at radius 1 is 1.08 bits per heavy atom. The third-order valence-electron chi connectivity index (χ3n) is 3.56. The average Bonchev–Trinajstić information content (AvgIpc) is 3.18. The van der Waals surface area contributed by atoms with Crippen LogP contribution in [0.5, 0.6) is 0 Å². The zero-order chi connectivity index (χ0) is 17.4. The van der Waals surface area contributed by atoms with E-state index < -0.39 is 10.0 Å². The number of aryl methyl sites for hydroxylation is 1. The van der Waals surface area contributed by atoms with Crippen LogP contribution in [0.4, 0.5) is 5.95 Å². The van der Waals surface area contributed by atoms with E-state index in [0.29, 0.717) is 11.4 Å². The fourth-order valence-electron chi connectivity index (χ4n) is 2.53. The van der Waals surface area contributed by atoms with Crippen molar-refractivity contribution in [2.75, 3.05) is 4.72 Å². The molecule has 0 spiro atoms. The van der Waals surface area contributed by atoms with E-state index in [1.807, 2.05) is 18.2 Å². The SMILES string of the molecule is Cc1nn2cccnc2c1S(=O)(=O)Nc1ncnn1-c1ccccc1. The lowest BCUT2D eigenvalue weighted by Gasteiger charge is -2.08. The van der Waals surface area contributed by atoms with Gasteiger partial charge in [0, 0.05) is 12.4 Å². The monoisotopic (exact) mass is 355 g/mol. The third kappa shape index (κ3) is 2.62. The van der Waals surface area contributed by atoms with Crippen molar-refractivity contribution in [2.45, 2.75) is 11.8 Å². The van der Waals surface area contributed by atoms with Gasteiger partial charge in [0.15, 0.2) is 10.5 Å². The van der Waals surface area contributed by atoms with E-state index >= 15 is 0 Å². The molecule has 0 saturated carbocycles. The Labute approximate surface area is 143 Å². The number of anilines is 1. The van der Waals surface area contributed by atoms with E-state index in [2.05, 4.69) is 24.9 Å². The molecule has 0 amide bonds. The molecule has 9 nitrogen and oxygen atoms in total. The molecular formula is C15H13N7O2S. The molecule has 25 heavy (non-hydrogen) atoms. The first kappa shape index (κ1) is 15.3. The molecular weight excluding hydrogens is 342 g/mol. The Hall–Kier alpha value is -3.27. The number of benzene rings is 1. The first-order valence-corrected chi connectivity index (χ1v) is 8.83. The van der Waals surface area contributed by atoms with Gasteiger partial charge in [-0.1, -0.05) is 18.2 Å². The molecule has 3 aromatic heterocycles. The molecule has 1 aromatic carbocycles. The summed E-state index contributed by atoms with van der Waals surface area (Å²) in [7, 11) is -3.95. The third-order valence-corrected chi connectivity index (χ3v) is 5.03. The summed E-state index contributed by atoms with van der Waals surface area (Å²) in [6, 6.07) is 10.8. The number of hydrogen-bond acceptors (Lipinski definition) is 6. The van der Waals surface area contributed by atoms with Gasteiger partial charge in [0.25, 0.3) is 10.0 Å². The number of nitrogens with one attached hydrogen (secondary N) is 1. The predicted molar refractivity (Wildman–Crippen MR) is 89.9 cm³/mol. The van der Waals surface area contributed by atoms with Crippen molar-refractivity contribution < 1.29 is 8.42 Å². The summed E-state index contributed by atoms with van der Waals surface area (Å²) in [4.78, 5) is 8.14. The molecule has 0 unspecified atom stereocenters. The molecule has 0 aliphatic carbocycles. The zero-order valence-electron chi connectivity index (χ0n) is 13.1. The van der Waals surface area contributed by atoms with Crippen LogP contribution in [0.15, 0.2) is 60.0 Å². The Balaban J connectivity index is 1.79. The van der Waals surface area contributed by atoms with Gasteiger partial charge in [-0.25, -0.2) is 22.6 Å². The van der Waals surface area contributed by atoms with Gasteiger partial charge in [0.1, 0.15) is 6.33 Å². The van der Waals surface area contributed by atoms with Crippen LogP contribution in [-0.4, -0.2) is 37.8 Å². The molecule has 0 atom stereocenters. The molecule has 0 aliphatic rings. The van der Waals surface area contributed by atoms with Crippen LogP contribution in [0.1, 0.15) is 5.69 Å². The summed E-state index contributed by atoms with van der Waals surface area (Å²) in [5, 5.41) is 8.26. The largest absolute Gasteiger partial charge is 0.269 e. The molecule has 4 aromatic rings. The van der Waals surface area contributed by atoms with E-state index in [4.69, 9.17) is 0 Å². The number of nitrogens with zero attached hydrogens (tertiary/aromatic N) is 6. The highest BCUT2D eigenvalue weighted by molar-refractivity contribution is 7.93. The first-order chi connectivity index (χ1) is 12.1. The second-order valence-electron chi connectivity index (χ2n) is 5.24. The standard InChI is InChI=1S/C15H13N7O2S/c1-11-13(14-16-8-5-9-21(14)19-11)25(23,24)20-15-17-10-18-22(15)12-6-3-2-4-7-12/h2-10H,1H3,(H,17,18,20). The number of para-hydroxylation sites is 1. The topological polar surface area (TPSA) is 107 Å². The Morgan fingerprint density at radius 3 is 2.68 bits per heavy atom. The number of aromatic nitrogens is 6. The van der Waals surface area contributed by atoms with Crippen molar-refractivity contribution in [1.29, 1.82) is 0 Å². The molecule has 1 N–H and O–H groups in total. The molecule has 0 radical (unpaired) electrons. The summed E-state index contributed by atoms with van der Waals surface area (Å²) < 4.78 is 31.1. The molecule has 10 heteroatoms. The highest BCUT2D eigenvalue weighted by atomic mass is 32.2. The van der Waals surface area contributed by atoms with E-state index in [-0.39, 0.29) is 16.5 Å². The van der Waals surface area contributed by atoms with E-state index in [1.165, 1.54) is 21.7 Å². The Bertz CT molecular complexity index is 1150. The quantitative estimate of drug-likeness (QED) is 0.593. The van der Waals surface area contributed by atoms with Gasteiger partial charge in [0.05, 0.1) is 11.4 Å². The fraction of sp³-hybridized carbons (Fsp3) is 0.0667. The van der Waals surface area contributed by atoms with Crippen LogP contribution in [0, 0.1) is 6.92 Å². The van der Waals surface area contributed by atoms with Gasteiger partial charge in [-0.2, -0.15) is 19.9 Å². The lowest BCUT2D eigenvalue weighted by atomic mass is 10.3. The Kier molecular flexibility index (Phi) is 3.46. The van der Waals surface area contributed by atoms with Crippen molar-refractivity contribution in [3.8, 4) is 5.69 Å². The highest BCUT2D eigenvalue weighted by Crippen LogP contribution is 2.22. The molecule has 0 bridgehead atoms. The number of sulfonamides is 1. The van der Waals surface area contributed by atoms with Crippen molar-refractivity contribution in [3.63, 3.8) is 0 Å². The molecule has 0 saturated heterocycles. The second-order valence-corrected chi connectivity index (χ2v) is 6.86. The van der Waals surface area contributed by atoms with E-state index in [1.54, 1.807) is 31.3 Å². The van der Waals surface area contributed by atoms with Crippen LogP contribution in [-0.2, 0) is 10.0 Å². The molecule has 126 valence electrons. The second kappa shape index (κ2) is 5.67. The van der Waals surface area contributed by atoms with Crippen molar-refractivity contribution in [3.05, 3.63) is 60.8 Å². The van der Waals surface area contributed by atoms with E-state index in [0.717, 1.165) is 0 Å². The average molecular weight is 355 g/mol. The maximum absolute atomic E-state index is 12.9. The smallest absolute Gasteiger partial charge is 0.247 e. The van der Waals surface area contributed by atoms with Gasteiger partial charge in [0.2, 0.25) is 5.95 Å². The number of rotatable bonds is 4. The van der Waals surface area contributed by atoms with Gasteiger partial charge < -0.3 is 0 Å². The molecule has 4 rings (SSSR count). The van der Waals surface area contributed by atoms with Crippen LogP contribution < -0.4 is 4.72 Å². The van der Waals surface area contributed by atoms with Gasteiger partial charge in [-0.05, 0) is 25.1 Å². The lowest BCUT2D eigenvalue weighted by Crippen LogP contribution is -2.17. The summed E-state index contributed by atoms with van der Waals surface area (Å²) >= 11 is 0. The Morgan fingerprint density at radius 2 is 1.88 bits per heavy atom. The van der Waals surface area contributed by atoms with Crippen LogP contribution in [0.2, 0.25) is 0 Å². The van der Waals surface area contributed by atoms with Crippen LogP contribution in [0.3, 0.4) is 0 Å². The summed E-state index contributed by atoms with van der Waals surface area (Å²) in [6.07, 6.45) is 4.44. The van der Waals surface area contributed by atoms with Gasteiger partial charge in [-0.15, -0.1) is 0 Å². The van der Waals surface area contributed by atoms with Crippen molar-refractivity contribution >= 4 is 21.6 Å². The summed E-state index contributed by atoms with van der Waals surface area (Å²) in [5.74, 6) is 0.0841. The van der Waals surface area contributed by atoms with Crippen molar-refractivity contribution in [2.24, 2.45) is 0 Å². The normalized spacial score (nSPS) is 11.7. The van der Waals surface area contributed by atoms with Crippen LogP contribution in [0.25, 0.3) is 11.3 Å². The molecule has 3 heterocycles. The van der Waals surface area contributed by atoms with Gasteiger partial charge >= 0.3 is 0 Å². The summed E-state index contributed by atoms with van der Waals surface area (Å²) in [6.45, 7) is 1.62. The maximum Gasteiger partial charge on any atom is 0.269 e. The highest BCUT2D eigenvalue weighted by Gasteiger charge is 2.26. The minimum Gasteiger partial charge on any atom is -0.247 e. The van der Waals surface area contributed by atoms with Crippen LogP contribution >= 0.6 is 0 Å². The maximum atomic E-state index is 12.9. The fourth-order valence-corrected chi connectivity index (χ4v) is 3.83. The van der Waals surface area contributed by atoms with E-state index in [9.17, 15) is 8.42 Å². The molecule has 0 fully saturated rings. The van der Waals surface area contributed by atoms with Crippen molar-refractivity contribution in [1.82, 2.24) is 29.4 Å². The predicted octanol–water partition coefficient (Wildman–Crippen LogP) is 1.42. The minimum atomic E-state index is -3.95. The number of fused-ring (bicyclic) bond motifs is 1. The van der Waals surface area contributed by atoms with Gasteiger partial charge in [-0.3, -0.25) is 0 Å². The first-order valence-electron chi connectivity index (χ1n) is 7.34. The summed E-state index contributed by atoms with van der Waals surface area (Å²) in [5.41, 5.74) is 1.28. The number of hydrogen-bond donors (Lipinski definition) is 1.